The van der Waals surface area contributed by atoms with Gasteiger partial charge in [0.1, 0.15) is 5.82 Å². The molecule has 3 rings (SSSR count). The molecule has 8 nitrogen and oxygen atoms in total. The molecule has 0 aliphatic rings. The summed E-state index contributed by atoms with van der Waals surface area (Å²) in [5.41, 5.74) is 1.65. The molecule has 0 radical (unpaired) electrons. The average Bonchev–Trinajstić information content (AvgIpc) is 3.20. The van der Waals surface area contributed by atoms with E-state index in [-0.39, 0.29) is 11.6 Å². The Morgan fingerprint density at radius 2 is 2.29 bits per heavy atom. The third kappa shape index (κ3) is 3.38. The number of fused-ring (bicyclic) bond motifs is 1. The van der Waals surface area contributed by atoms with Crippen molar-refractivity contribution in [3.8, 4) is 0 Å². The van der Waals surface area contributed by atoms with Gasteiger partial charge in [0, 0.05) is 24.6 Å². The molecule has 0 saturated heterocycles. The molecule has 8 heteroatoms. The molecule has 0 aliphatic heterocycles. The number of aromatic amines is 2. The van der Waals surface area contributed by atoms with Crippen LogP contribution in [0.25, 0.3) is 11.0 Å². The average molecular weight is 329 g/mol. The highest BCUT2D eigenvalue weighted by Crippen LogP contribution is 2.13. The molecule has 2 heterocycles. The van der Waals surface area contributed by atoms with Crippen LogP contribution in [-0.2, 0) is 17.8 Å². The van der Waals surface area contributed by atoms with E-state index in [0.717, 1.165) is 5.52 Å². The minimum Gasteiger partial charge on any atom is -0.380 e. The molecule has 0 aliphatic carbocycles. The predicted molar refractivity (Wildman–Crippen MR) is 88.8 cm³/mol. The summed E-state index contributed by atoms with van der Waals surface area (Å²) in [6.07, 6.45) is 3.33. The van der Waals surface area contributed by atoms with Gasteiger partial charge < -0.3 is 20.0 Å². The molecule has 1 aromatic carbocycles. The molecule has 1 amide bonds. The maximum absolute atomic E-state index is 12.2. The standard InChI is InChI=1S/C16H19N5O3/c1-2-24-8-7-21-13-4-3-11(9-12(13)20-16(21)23)15(22)19-10-14-17-5-6-18-14/h3-6,9H,2,7-8,10H2,1H3,(H,17,18)(H,19,22)(H,20,23). The van der Waals surface area contributed by atoms with Gasteiger partial charge in [0.15, 0.2) is 0 Å². The van der Waals surface area contributed by atoms with E-state index < -0.39 is 0 Å². The number of nitrogens with one attached hydrogen (secondary N) is 3. The zero-order valence-corrected chi connectivity index (χ0v) is 13.3. The van der Waals surface area contributed by atoms with Crippen LogP contribution in [0.1, 0.15) is 23.1 Å². The number of rotatable bonds is 7. The molecule has 0 bridgehead atoms. The lowest BCUT2D eigenvalue weighted by Gasteiger charge is -2.05. The predicted octanol–water partition coefficient (Wildman–Crippen LogP) is 1.02. The van der Waals surface area contributed by atoms with E-state index in [9.17, 15) is 9.59 Å². The molecule has 3 N–H and O–H groups in total. The number of amides is 1. The zero-order valence-electron chi connectivity index (χ0n) is 13.3. The maximum Gasteiger partial charge on any atom is 0.326 e. The van der Waals surface area contributed by atoms with Crippen LogP contribution < -0.4 is 11.0 Å². The molecule has 0 saturated carbocycles. The number of carbonyl (C=O) groups is 1. The topological polar surface area (TPSA) is 105 Å². The van der Waals surface area contributed by atoms with Crippen LogP contribution in [-0.4, -0.2) is 38.6 Å². The summed E-state index contributed by atoms with van der Waals surface area (Å²) in [4.78, 5) is 34.0. The molecule has 0 fully saturated rings. The first kappa shape index (κ1) is 16.0. The SMILES string of the molecule is CCOCCn1c(=O)[nH]c2cc(C(=O)NCc3ncc[nH]3)ccc21. The van der Waals surface area contributed by atoms with Crippen LogP contribution in [0.5, 0.6) is 0 Å². The number of carbonyl (C=O) groups excluding carboxylic acids is 1. The fourth-order valence-corrected chi connectivity index (χ4v) is 2.49. The highest BCUT2D eigenvalue weighted by atomic mass is 16.5. The minimum atomic E-state index is -0.226. The lowest BCUT2D eigenvalue weighted by atomic mass is 10.2. The molecule has 24 heavy (non-hydrogen) atoms. The van der Waals surface area contributed by atoms with Gasteiger partial charge in [-0.15, -0.1) is 0 Å². The molecule has 2 aromatic heterocycles. The van der Waals surface area contributed by atoms with E-state index in [1.54, 1.807) is 35.2 Å². The van der Waals surface area contributed by atoms with Crippen LogP contribution in [0.3, 0.4) is 0 Å². The number of hydrogen-bond donors (Lipinski definition) is 3. The van der Waals surface area contributed by atoms with Gasteiger partial charge in [-0.1, -0.05) is 0 Å². The molecule has 0 unspecified atom stereocenters. The third-order valence-electron chi connectivity index (χ3n) is 3.67. The van der Waals surface area contributed by atoms with Crippen molar-refractivity contribution in [1.82, 2.24) is 24.8 Å². The van der Waals surface area contributed by atoms with Gasteiger partial charge in [-0.05, 0) is 25.1 Å². The quantitative estimate of drug-likeness (QED) is 0.563. The maximum atomic E-state index is 12.2. The first-order valence-corrected chi connectivity index (χ1v) is 7.76. The molecule has 0 spiro atoms. The second-order valence-corrected chi connectivity index (χ2v) is 5.23. The lowest BCUT2D eigenvalue weighted by Crippen LogP contribution is -2.23. The first-order valence-electron chi connectivity index (χ1n) is 7.76. The third-order valence-corrected chi connectivity index (χ3v) is 3.67. The Hall–Kier alpha value is -2.87. The number of hydrogen-bond acceptors (Lipinski definition) is 4. The van der Waals surface area contributed by atoms with Crippen molar-refractivity contribution < 1.29 is 9.53 Å². The van der Waals surface area contributed by atoms with Crippen molar-refractivity contribution in [3.05, 3.63) is 52.5 Å². The van der Waals surface area contributed by atoms with Gasteiger partial charge in [0.05, 0.1) is 30.7 Å². The molecular weight excluding hydrogens is 310 g/mol. The van der Waals surface area contributed by atoms with Crippen LogP contribution >= 0.6 is 0 Å². The summed E-state index contributed by atoms with van der Waals surface area (Å²) >= 11 is 0. The Kier molecular flexibility index (Phi) is 4.76. The number of imidazole rings is 2. The van der Waals surface area contributed by atoms with Gasteiger partial charge in [0.2, 0.25) is 0 Å². The van der Waals surface area contributed by atoms with Gasteiger partial charge in [0.25, 0.3) is 5.91 Å². The van der Waals surface area contributed by atoms with Crippen LogP contribution in [0.4, 0.5) is 0 Å². The van der Waals surface area contributed by atoms with Gasteiger partial charge in [-0.2, -0.15) is 0 Å². The molecule has 0 atom stereocenters. The van der Waals surface area contributed by atoms with Crippen molar-refractivity contribution in [2.45, 2.75) is 20.0 Å². The summed E-state index contributed by atoms with van der Waals surface area (Å²) in [5.74, 6) is 0.455. The Bertz CT molecular complexity index is 879. The monoisotopic (exact) mass is 329 g/mol. The number of nitrogens with zero attached hydrogens (tertiary/aromatic N) is 2. The molecule has 126 valence electrons. The van der Waals surface area contributed by atoms with E-state index in [0.29, 0.717) is 43.2 Å². The van der Waals surface area contributed by atoms with Crippen LogP contribution in [0, 0.1) is 0 Å². The highest BCUT2D eigenvalue weighted by Gasteiger charge is 2.11. The Morgan fingerprint density at radius 3 is 3.04 bits per heavy atom. The minimum absolute atomic E-state index is 0.210. The van der Waals surface area contributed by atoms with Crippen molar-refractivity contribution in [3.63, 3.8) is 0 Å². The highest BCUT2D eigenvalue weighted by molar-refractivity contribution is 5.97. The van der Waals surface area contributed by atoms with E-state index in [1.165, 1.54) is 0 Å². The first-order chi connectivity index (χ1) is 11.7. The number of ether oxygens (including phenoxy) is 1. The summed E-state index contributed by atoms with van der Waals surface area (Å²) in [7, 11) is 0. The van der Waals surface area contributed by atoms with E-state index in [2.05, 4.69) is 20.3 Å². The Balaban J connectivity index is 1.76. The summed E-state index contributed by atoms with van der Waals surface area (Å²) in [6, 6.07) is 5.14. The number of H-pyrrole nitrogens is 2. The Labute approximate surface area is 137 Å². The Morgan fingerprint density at radius 1 is 1.42 bits per heavy atom. The van der Waals surface area contributed by atoms with Crippen molar-refractivity contribution in [2.75, 3.05) is 13.2 Å². The largest absolute Gasteiger partial charge is 0.380 e. The molecule has 3 aromatic rings. The second-order valence-electron chi connectivity index (χ2n) is 5.23. The summed E-state index contributed by atoms with van der Waals surface area (Å²) < 4.78 is 6.90. The smallest absolute Gasteiger partial charge is 0.326 e. The van der Waals surface area contributed by atoms with Crippen LogP contribution in [0.15, 0.2) is 35.4 Å². The van der Waals surface area contributed by atoms with Crippen molar-refractivity contribution >= 4 is 16.9 Å². The summed E-state index contributed by atoms with van der Waals surface area (Å²) in [6.45, 7) is 3.77. The molecular formula is C16H19N5O3. The van der Waals surface area contributed by atoms with Crippen LogP contribution in [0.2, 0.25) is 0 Å². The normalized spacial score (nSPS) is 11.0. The van der Waals surface area contributed by atoms with E-state index in [1.807, 2.05) is 6.92 Å². The van der Waals surface area contributed by atoms with Crippen molar-refractivity contribution in [2.24, 2.45) is 0 Å². The lowest BCUT2D eigenvalue weighted by molar-refractivity contribution is 0.0950. The second kappa shape index (κ2) is 7.14. The fourth-order valence-electron chi connectivity index (χ4n) is 2.49. The van der Waals surface area contributed by atoms with E-state index >= 15 is 0 Å². The van der Waals surface area contributed by atoms with Crippen molar-refractivity contribution in [1.29, 1.82) is 0 Å². The number of aromatic nitrogens is 4. The number of benzene rings is 1. The van der Waals surface area contributed by atoms with Gasteiger partial charge in [-0.3, -0.25) is 9.36 Å². The fraction of sp³-hybridized carbons (Fsp3) is 0.312. The summed E-state index contributed by atoms with van der Waals surface area (Å²) in [5, 5.41) is 2.78. The van der Waals surface area contributed by atoms with Gasteiger partial charge in [-0.25, -0.2) is 9.78 Å². The van der Waals surface area contributed by atoms with E-state index in [4.69, 9.17) is 4.74 Å². The van der Waals surface area contributed by atoms with Gasteiger partial charge >= 0.3 is 5.69 Å². The zero-order chi connectivity index (χ0) is 16.9.